The molecule has 3 nitrogen and oxygen atoms in total. The second kappa shape index (κ2) is 4.50. The zero-order valence-electron chi connectivity index (χ0n) is 12.0. The van der Waals surface area contributed by atoms with Crippen molar-refractivity contribution in [3.8, 4) is 5.75 Å². The molecule has 0 aromatic heterocycles. The zero-order chi connectivity index (χ0) is 13.6. The van der Waals surface area contributed by atoms with Gasteiger partial charge >= 0.3 is 0 Å². The lowest BCUT2D eigenvalue weighted by molar-refractivity contribution is -0.138. The first-order valence-corrected chi connectivity index (χ1v) is 7.19. The zero-order valence-corrected chi connectivity index (χ0v) is 12.0. The molecule has 1 N–H and O–H groups in total. The van der Waals surface area contributed by atoms with Gasteiger partial charge in [-0.05, 0) is 50.8 Å². The van der Waals surface area contributed by atoms with Gasteiger partial charge < -0.3 is 9.84 Å². The van der Waals surface area contributed by atoms with Crippen molar-refractivity contribution in [2.24, 2.45) is 0 Å². The summed E-state index contributed by atoms with van der Waals surface area (Å²) in [5, 5.41) is 9.96. The number of phenolic OH excluding ortho intramolecular Hbond substituents is 1. The Morgan fingerprint density at radius 2 is 2.16 bits per heavy atom. The molecular weight excluding hydrogens is 238 g/mol. The van der Waals surface area contributed by atoms with E-state index < -0.39 is 0 Å². The Bertz CT molecular complexity index is 484. The van der Waals surface area contributed by atoms with Crippen LogP contribution in [0.5, 0.6) is 5.75 Å². The maximum absolute atomic E-state index is 9.96. The van der Waals surface area contributed by atoms with Crippen LogP contribution in [-0.2, 0) is 11.2 Å². The van der Waals surface area contributed by atoms with Gasteiger partial charge in [0.1, 0.15) is 5.75 Å². The van der Waals surface area contributed by atoms with Gasteiger partial charge in [-0.25, -0.2) is 0 Å². The van der Waals surface area contributed by atoms with Gasteiger partial charge in [0.2, 0.25) is 0 Å². The SMILES string of the molecule is CC1CN(C2CCc3c(O)cccc32)CC(C)(C)O1. The van der Waals surface area contributed by atoms with E-state index in [9.17, 15) is 5.11 Å². The van der Waals surface area contributed by atoms with Crippen LogP contribution in [0.4, 0.5) is 0 Å². The minimum Gasteiger partial charge on any atom is -0.508 e. The Balaban J connectivity index is 1.87. The summed E-state index contributed by atoms with van der Waals surface area (Å²) in [6, 6.07) is 6.36. The molecule has 1 saturated heterocycles. The molecule has 0 radical (unpaired) electrons. The summed E-state index contributed by atoms with van der Waals surface area (Å²) in [6.45, 7) is 8.40. The molecule has 2 aliphatic rings. The summed E-state index contributed by atoms with van der Waals surface area (Å²) >= 11 is 0. The van der Waals surface area contributed by atoms with E-state index in [2.05, 4.69) is 31.7 Å². The van der Waals surface area contributed by atoms with Crippen LogP contribution in [0, 0.1) is 0 Å². The molecule has 2 unspecified atom stereocenters. The Labute approximate surface area is 115 Å². The van der Waals surface area contributed by atoms with Gasteiger partial charge in [0.05, 0.1) is 11.7 Å². The minimum atomic E-state index is -0.0861. The van der Waals surface area contributed by atoms with E-state index in [0.717, 1.165) is 31.5 Å². The fraction of sp³-hybridized carbons (Fsp3) is 0.625. The summed E-state index contributed by atoms with van der Waals surface area (Å²) in [6.07, 6.45) is 2.36. The fourth-order valence-corrected chi connectivity index (χ4v) is 3.73. The first-order valence-electron chi connectivity index (χ1n) is 7.19. The molecule has 1 aromatic rings. The van der Waals surface area contributed by atoms with Gasteiger partial charge in [0.15, 0.2) is 0 Å². The highest BCUT2D eigenvalue weighted by atomic mass is 16.5. The van der Waals surface area contributed by atoms with E-state index in [4.69, 9.17) is 4.74 Å². The third kappa shape index (κ3) is 2.37. The lowest BCUT2D eigenvalue weighted by Crippen LogP contribution is -2.52. The van der Waals surface area contributed by atoms with E-state index in [1.165, 1.54) is 5.56 Å². The van der Waals surface area contributed by atoms with Crippen molar-refractivity contribution in [1.29, 1.82) is 0 Å². The highest BCUT2D eigenvalue weighted by molar-refractivity contribution is 5.44. The molecular formula is C16H23NO2. The second-order valence-electron chi connectivity index (χ2n) is 6.52. The molecule has 3 rings (SSSR count). The number of hydrogen-bond donors (Lipinski definition) is 1. The van der Waals surface area contributed by atoms with E-state index in [0.29, 0.717) is 11.8 Å². The summed E-state index contributed by atoms with van der Waals surface area (Å²) in [7, 11) is 0. The smallest absolute Gasteiger partial charge is 0.119 e. The van der Waals surface area contributed by atoms with Crippen molar-refractivity contribution in [2.45, 2.75) is 51.4 Å². The van der Waals surface area contributed by atoms with Crippen LogP contribution in [0.3, 0.4) is 0 Å². The average molecular weight is 261 g/mol. The normalized spacial score (nSPS) is 30.3. The Hall–Kier alpha value is -1.06. The Morgan fingerprint density at radius 1 is 1.37 bits per heavy atom. The predicted octanol–water partition coefficient (Wildman–Crippen LogP) is 2.88. The Morgan fingerprint density at radius 3 is 2.89 bits per heavy atom. The number of aromatic hydroxyl groups is 1. The highest BCUT2D eigenvalue weighted by Gasteiger charge is 2.37. The van der Waals surface area contributed by atoms with Gasteiger partial charge in [-0.15, -0.1) is 0 Å². The first kappa shape index (κ1) is 12.9. The summed E-state index contributed by atoms with van der Waals surface area (Å²) < 4.78 is 5.98. The third-order valence-electron chi connectivity index (χ3n) is 4.25. The lowest BCUT2D eigenvalue weighted by Gasteiger charge is -2.44. The molecule has 1 aromatic carbocycles. The van der Waals surface area contributed by atoms with Crippen molar-refractivity contribution in [3.63, 3.8) is 0 Å². The van der Waals surface area contributed by atoms with Crippen LogP contribution < -0.4 is 0 Å². The van der Waals surface area contributed by atoms with E-state index in [-0.39, 0.29) is 11.7 Å². The fourth-order valence-electron chi connectivity index (χ4n) is 3.73. The van der Waals surface area contributed by atoms with E-state index in [1.807, 2.05) is 6.07 Å². The number of hydrogen-bond acceptors (Lipinski definition) is 3. The van der Waals surface area contributed by atoms with Gasteiger partial charge in [-0.2, -0.15) is 0 Å². The molecule has 1 fully saturated rings. The number of benzene rings is 1. The molecule has 2 atom stereocenters. The van der Waals surface area contributed by atoms with Gasteiger partial charge in [-0.1, -0.05) is 12.1 Å². The quantitative estimate of drug-likeness (QED) is 0.843. The maximum Gasteiger partial charge on any atom is 0.119 e. The molecule has 3 heteroatoms. The highest BCUT2D eigenvalue weighted by Crippen LogP contribution is 2.41. The number of phenols is 1. The Kier molecular flexibility index (Phi) is 3.06. The maximum atomic E-state index is 9.96. The molecule has 1 heterocycles. The number of fused-ring (bicyclic) bond motifs is 1. The molecule has 0 saturated carbocycles. The number of nitrogens with zero attached hydrogens (tertiary/aromatic N) is 1. The van der Waals surface area contributed by atoms with Crippen LogP contribution in [0.25, 0.3) is 0 Å². The molecule has 0 bridgehead atoms. The van der Waals surface area contributed by atoms with Crippen LogP contribution >= 0.6 is 0 Å². The molecule has 19 heavy (non-hydrogen) atoms. The van der Waals surface area contributed by atoms with Gasteiger partial charge in [-0.3, -0.25) is 4.90 Å². The minimum absolute atomic E-state index is 0.0861. The molecule has 0 amide bonds. The van der Waals surface area contributed by atoms with Gasteiger partial charge in [0.25, 0.3) is 0 Å². The predicted molar refractivity (Wildman–Crippen MR) is 75.4 cm³/mol. The van der Waals surface area contributed by atoms with Crippen molar-refractivity contribution in [2.75, 3.05) is 13.1 Å². The average Bonchev–Trinajstić information content (AvgIpc) is 2.71. The molecule has 104 valence electrons. The van der Waals surface area contributed by atoms with E-state index >= 15 is 0 Å². The van der Waals surface area contributed by atoms with E-state index in [1.54, 1.807) is 6.07 Å². The number of ether oxygens (including phenoxy) is 1. The largest absolute Gasteiger partial charge is 0.508 e. The van der Waals surface area contributed by atoms with Crippen molar-refractivity contribution in [1.82, 2.24) is 4.90 Å². The van der Waals surface area contributed by atoms with Crippen LogP contribution in [0.15, 0.2) is 18.2 Å². The third-order valence-corrected chi connectivity index (χ3v) is 4.25. The number of morpholine rings is 1. The first-order chi connectivity index (χ1) is 8.96. The lowest BCUT2D eigenvalue weighted by atomic mass is 10.0. The van der Waals surface area contributed by atoms with Gasteiger partial charge in [0, 0.05) is 19.1 Å². The molecule has 0 spiro atoms. The number of rotatable bonds is 1. The monoisotopic (exact) mass is 261 g/mol. The topological polar surface area (TPSA) is 32.7 Å². The van der Waals surface area contributed by atoms with Crippen molar-refractivity contribution in [3.05, 3.63) is 29.3 Å². The van der Waals surface area contributed by atoms with Crippen LogP contribution in [0.2, 0.25) is 0 Å². The summed E-state index contributed by atoms with van der Waals surface area (Å²) in [5.74, 6) is 0.459. The standard InChI is InChI=1S/C16H23NO2/c1-11-9-17(10-16(2,3)19-11)14-8-7-13-12(14)5-4-6-15(13)18/h4-6,11,14,18H,7-10H2,1-3H3. The van der Waals surface area contributed by atoms with Crippen molar-refractivity contribution >= 4 is 0 Å². The van der Waals surface area contributed by atoms with Crippen LogP contribution in [0.1, 0.15) is 44.4 Å². The summed E-state index contributed by atoms with van der Waals surface area (Å²) in [5.41, 5.74) is 2.37. The molecule has 1 aliphatic carbocycles. The van der Waals surface area contributed by atoms with Crippen LogP contribution in [-0.4, -0.2) is 34.8 Å². The molecule has 1 aliphatic heterocycles. The second-order valence-corrected chi connectivity index (χ2v) is 6.52. The summed E-state index contributed by atoms with van der Waals surface area (Å²) in [4.78, 5) is 2.53. The van der Waals surface area contributed by atoms with Crippen molar-refractivity contribution < 1.29 is 9.84 Å².